The van der Waals surface area contributed by atoms with Gasteiger partial charge in [-0.3, -0.25) is 0 Å². The Bertz CT molecular complexity index is 488. The minimum Gasteiger partial charge on any atom is -0.383 e. The molecule has 2 unspecified atom stereocenters. The lowest BCUT2D eigenvalue weighted by atomic mass is 9.92. The summed E-state index contributed by atoms with van der Waals surface area (Å²) in [4.78, 5) is 9.41. The first-order valence-electron chi connectivity index (χ1n) is 6.91. The summed E-state index contributed by atoms with van der Waals surface area (Å²) in [7, 11) is 0. The van der Waals surface area contributed by atoms with Crippen molar-refractivity contribution in [3.63, 3.8) is 0 Å². The van der Waals surface area contributed by atoms with Crippen LogP contribution in [0.25, 0.3) is 0 Å². The summed E-state index contributed by atoms with van der Waals surface area (Å²) in [6.45, 7) is 8.71. The molecule has 0 radical (unpaired) electrons. The standard InChI is InChI=1S/C14H22BrN3S2/c1-5-8-10(20-7-6-19-8)13-17-11(14(2,3)4)9(15)12(16)18-13/h8,10H,5-7H2,1-4H3,(H2,16,17,18). The molecule has 2 rings (SSSR count). The monoisotopic (exact) mass is 375 g/mol. The summed E-state index contributed by atoms with van der Waals surface area (Å²) >= 11 is 7.55. The predicted octanol–water partition coefficient (Wildman–Crippen LogP) is 4.42. The van der Waals surface area contributed by atoms with Crippen molar-refractivity contribution in [2.24, 2.45) is 0 Å². The van der Waals surface area contributed by atoms with E-state index in [0.717, 1.165) is 28.2 Å². The molecule has 2 N–H and O–H groups in total. The summed E-state index contributed by atoms with van der Waals surface area (Å²) in [6, 6.07) is 0. The highest BCUT2D eigenvalue weighted by molar-refractivity contribution is 9.10. The highest BCUT2D eigenvalue weighted by Gasteiger charge is 2.31. The maximum atomic E-state index is 6.10. The molecule has 0 saturated carbocycles. The van der Waals surface area contributed by atoms with Crippen LogP contribution in [0.15, 0.2) is 4.47 Å². The van der Waals surface area contributed by atoms with E-state index >= 15 is 0 Å². The van der Waals surface area contributed by atoms with Crippen LogP contribution in [0.1, 0.15) is 50.9 Å². The number of aromatic nitrogens is 2. The molecular formula is C14H22BrN3S2. The summed E-state index contributed by atoms with van der Waals surface area (Å²) in [5, 5.41) is 0.942. The molecule has 0 bridgehead atoms. The summed E-state index contributed by atoms with van der Waals surface area (Å²) in [5.41, 5.74) is 7.06. The van der Waals surface area contributed by atoms with E-state index in [0.29, 0.717) is 16.3 Å². The second-order valence-electron chi connectivity index (χ2n) is 5.99. The van der Waals surface area contributed by atoms with E-state index in [1.165, 1.54) is 5.75 Å². The number of halogens is 1. The predicted molar refractivity (Wildman–Crippen MR) is 94.6 cm³/mol. The van der Waals surface area contributed by atoms with Crippen LogP contribution in [0.4, 0.5) is 5.82 Å². The number of thioether (sulfide) groups is 2. The van der Waals surface area contributed by atoms with Crippen molar-refractivity contribution in [2.75, 3.05) is 17.2 Å². The molecular weight excluding hydrogens is 354 g/mol. The minimum atomic E-state index is -0.0428. The number of nitrogen functional groups attached to an aromatic ring is 1. The van der Waals surface area contributed by atoms with Gasteiger partial charge < -0.3 is 5.73 Å². The molecule has 1 aliphatic rings. The second kappa shape index (κ2) is 6.44. The first kappa shape index (κ1) is 16.4. The van der Waals surface area contributed by atoms with Crippen molar-refractivity contribution >= 4 is 45.3 Å². The average molecular weight is 376 g/mol. The molecule has 20 heavy (non-hydrogen) atoms. The Morgan fingerprint density at radius 1 is 1.25 bits per heavy atom. The van der Waals surface area contributed by atoms with Crippen LogP contribution in [0.2, 0.25) is 0 Å². The Morgan fingerprint density at radius 3 is 2.50 bits per heavy atom. The highest BCUT2D eigenvalue weighted by Crippen LogP contribution is 2.44. The third kappa shape index (κ3) is 3.45. The van der Waals surface area contributed by atoms with Gasteiger partial charge in [-0.25, -0.2) is 9.97 Å². The van der Waals surface area contributed by atoms with Gasteiger partial charge in [-0.15, -0.1) is 11.8 Å². The quantitative estimate of drug-likeness (QED) is 0.828. The smallest absolute Gasteiger partial charge is 0.145 e. The maximum Gasteiger partial charge on any atom is 0.145 e. The molecule has 2 heterocycles. The molecule has 1 fully saturated rings. The number of rotatable bonds is 2. The van der Waals surface area contributed by atoms with Gasteiger partial charge in [0, 0.05) is 22.2 Å². The Morgan fingerprint density at radius 2 is 1.90 bits per heavy atom. The van der Waals surface area contributed by atoms with E-state index < -0.39 is 0 Å². The maximum absolute atomic E-state index is 6.10. The first-order valence-corrected chi connectivity index (χ1v) is 9.80. The van der Waals surface area contributed by atoms with E-state index in [1.807, 2.05) is 23.5 Å². The molecule has 112 valence electrons. The zero-order chi connectivity index (χ0) is 14.9. The van der Waals surface area contributed by atoms with Gasteiger partial charge in [0.05, 0.1) is 15.4 Å². The second-order valence-corrected chi connectivity index (χ2v) is 9.38. The van der Waals surface area contributed by atoms with Crippen molar-refractivity contribution in [1.82, 2.24) is 9.97 Å². The first-order chi connectivity index (χ1) is 9.34. The zero-order valence-corrected chi connectivity index (χ0v) is 15.7. The number of hydrogen-bond donors (Lipinski definition) is 1. The lowest BCUT2D eigenvalue weighted by Crippen LogP contribution is -2.24. The fourth-order valence-corrected chi connectivity index (χ4v) is 6.01. The van der Waals surface area contributed by atoms with Crippen LogP contribution in [0.5, 0.6) is 0 Å². The van der Waals surface area contributed by atoms with Gasteiger partial charge in [0.15, 0.2) is 0 Å². The number of anilines is 1. The largest absolute Gasteiger partial charge is 0.383 e. The molecule has 3 nitrogen and oxygen atoms in total. The number of nitrogens with two attached hydrogens (primary N) is 1. The van der Waals surface area contributed by atoms with E-state index in [1.54, 1.807) is 0 Å². The number of nitrogens with zero attached hydrogens (tertiary/aromatic N) is 2. The van der Waals surface area contributed by atoms with E-state index in [4.69, 9.17) is 10.7 Å². The average Bonchev–Trinajstić information content (AvgIpc) is 2.40. The third-order valence-electron chi connectivity index (χ3n) is 3.31. The third-order valence-corrected chi connectivity index (χ3v) is 7.34. The Kier molecular flexibility index (Phi) is 5.29. The molecule has 0 aromatic carbocycles. The topological polar surface area (TPSA) is 51.8 Å². The molecule has 1 aromatic heterocycles. The van der Waals surface area contributed by atoms with Crippen LogP contribution in [-0.2, 0) is 5.41 Å². The SMILES string of the molecule is CCC1SCCSC1c1nc(N)c(Br)c(C(C)(C)C)n1. The fourth-order valence-electron chi connectivity index (χ4n) is 2.25. The van der Waals surface area contributed by atoms with Gasteiger partial charge in [-0.2, -0.15) is 11.8 Å². The summed E-state index contributed by atoms with van der Waals surface area (Å²) < 4.78 is 0.843. The molecule has 6 heteroatoms. The van der Waals surface area contributed by atoms with Gasteiger partial charge in [0.1, 0.15) is 11.6 Å². The molecule has 1 aromatic rings. The summed E-state index contributed by atoms with van der Waals surface area (Å²) in [6.07, 6.45) is 1.15. The van der Waals surface area contributed by atoms with Crippen molar-refractivity contribution in [1.29, 1.82) is 0 Å². The highest BCUT2D eigenvalue weighted by atomic mass is 79.9. The van der Waals surface area contributed by atoms with Gasteiger partial charge in [-0.1, -0.05) is 27.7 Å². The molecule has 2 atom stereocenters. The van der Waals surface area contributed by atoms with Crippen LogP contribution in [-0.4, -0.2) is 26.7 Å². The Hall–Kier alpha value is 0.0600. The van der Waals surface area contributed by atoms with Crippen molar-refractivity contribution < 1.29 is 0 Å². The van der Waals surface area contributed by atoms with Crippen LogP contribution >= 0.6 is 39.5 Å². The van der Waals surface area contributed by atoms with Crippen LogP contribution in [0.3, 0.4) is 0 Å². The molecule has 0 spiro atoms. The lowest BCUT2D eigenvalue weighted by Gasteiger charge is -2.30. The van der Waals surface area contributed by atoms with Crippen molar-refractivity contribution in [3.05, 3.63) is 16.0 Å². The number of hydrogen-bond acceptors (Lipinski definition) is 5. The van der Waals surface area contributed by atoms with Gasteiger partial charge in [0.2, 0.25) is 0 Å². The molecule has 1 saturated heterocycles. The molecule has 0 amide bonds. The Balaban J connectivity index is 2.44. The van der Waals surface area contributed by atoms with E-state index in [9.17, 15) is 0 Å². The van der Waals surface area contributed by atoms with Crippen molar-refractivity contribution in [2.45, 2.75) is 50.0 Å². The van der Waals surface area contributed by atoms with Crippen molar-refractivity contribution in [3.8, 4) is 0 Å². The Labute approximate surface area is 138 Å². The normalized spacial score (nSPS) is 23.9. The zero-order valence-electron chi connectivity index (χ0n) is 12.4. The minimum absolute atomic E-state index is 0.0428. The van der Waals surface area contributed by atoms with Crippen LogP contribution < -0.4 is 5.73 Å². The van der Waals surface area contributed by atoms with Crippen LogP contribution in [0, 0.1) is 0 Å². The fraction of sp³-hybridized carbons (Fsp3) is 0.714. The van der Waals surface area contributed by atoms with Gasteiger partial charge in [-0.05, 0) is 22.4 Å². The summed E-state index contributed by atoms with van der Waals surface area (Å²) in [5.74, 6) is 3.85. The lowest BCUT2D eigenvalue weighted by molar-refractivity contribution is 0.557. The molecule has 1 aliphatic heterocycles. The molecule has 0 aliphatic carbocycles. The van der Waals surface area contributed by atoms with Gasteiger partial charge >= 0.3 is 0 Å². The van der Waals surface area contributed by atoms with Gasteiger partial charge in [0.25, 0.3) is 0 Å². The van der Waals surface area contributed by atoms with E-state index in [2.05, 4.69) is 48.6 Å². The van der Waals surface area contributed by atoms with E-state index in [-0.39, 0.29) is 5.41 Å².